The number of methoxy groups -OCH3 is 1. The van der Waals surface area contributed by atoms with Crippen molar-refractivity contribution >= 4 is 28.9 Å². The van der Waals surface area contributed by atoms with E-state index in [2.05, 4.69) is 10.1 Å². The van der Waals surface area contributed by atoms with Gasteiger partial charge in [-0.05, 0) is 24.3 Å². The molecule has 6 heteroatoms. The fourth-order valence-electron chi connectivity index (χ4n) is 1.92. The zero-order chi connectivity index (χ0) is 15.4. The van der Waals surface area contributed by atoms with Crippen LogP contribution in [0.1, 0.15) is 16.1 Å². The molecular formula is C15H17ClN2O3. The van der Waals surface area contributed by atoms with Gasteiger partial charge in [0, 0.05) is 19.1 Å². The molecule has 0 aliphatic carbocycles. The summed E-state index contributed by atoms with van der Waals surface area (Å²) in [6.07, 6.45) is 1.38. The van der Waals surface area contributed by atoms with Crippen molar-refractivity contribution < 1.29 is 13.9 Å². The highest BCUT2D eigenvalue weighted by Gasteiger charge is 2.11. The number of rotatable bonds is 5. The van der Waals surface area contributed by atoms with Crippen LogP contribution in [0.5, 0.6) is 0 Å². The van der Waals surface area contributed by atoms with Crippen LogP contribution in [-0.4, -0.2) is 27.2 Å². The maximum Gasteiger partial charge on any atom is 0.341 e. The minimum absolute atomic E-state index is 0.397. The molecule has 21 heavy (non-hydrogen) atoms. The van der Waals surface area contributed by atoms with Crippen LogP contribution in [0.15, 0.2) is 34.9 Å². The van der Waals surface area contributed by atoms with Gasteiger partial charge in [-0.3, -0.25) is 0 Å². The molecule has 0 aliphatic heterocycles. The van der Waals surface area contributed by atoms with E-state index in [4.69, 9.17) is 16.0 Å². The summed E-state index contributed by atoms with van der Waals surface area (Å²) in [7, 11) is 5.25. The molecule has 0 saturated carbocycles. The second-order valence-corrected chi connectivity index (χ2v) is 5.14. The highest BCUT2D eigenvalue weighted by molar-refractivity contribution is 6.31. The van der Waals surface area contributed by atoms with E-state index in [-0.39, 0.29) is 0 Å². The van der Waals surface area contributed by atoms with E-state index in [0.717, 1.165) is 11.4 Å². The minimum atomic E-state index is -0.415. The molecule has 1 heterocycles. The van der Waals surface area contributed by atoms with Crippen LogP contribution in [0.4, 0.5) is 11.4 Å². The molecule has 0 fully saturated rings. The first kappa shape index (κ1) is 15.3. The number of anilines is 2. The van der Waals surface area contributed by atoms with Gasteiger partial charge in [0.2, 0.25) is 0 Å². The van der Waals surface area contributed by atoms with Crippen molar-refractivity contribution in [3.05, 3.63) is 46.9 Å². The molecule has 0 aliphatic rings. The van der Waals surface area contributed by atoms with E-state index < -0.39 is 5.97 Å². The average molecular weight is 309 g/mol. The van der Waals surface area contributed by atoms with Crippen molar-refractivity contribution in [2.75, 3.05) is 31.4 Å². The Hall–Kier alpha value is -2.14. The molecular weight excluding hydrogens is 292 g/mol. The SMILES string of the molecule is COC(=O)c1coc(CNc2cc(Cl)ccc2N(C)C)c1. The van der Waals surface area contributed by atoms with Gasteiger partial charge in [0.25, 0.3) is 0 Å². The number of carbonyl (C=O) groups is 1. The van der Waals surface area contributed by atoms with Gasteiger partial charge in [0.05, 0.1) is 30.6 Å². The Morgan fingerprint density at radius 2 is 2.14 bits per heavy atom. The average Bonchev–Trinajstić information content (AvgIpc) is 2.93. The first-order valence-electron chi connectivity index (χ1n) is 6.37. The lowest BCUT2D eigenvalue weighted by Gasteiger charge is -2.18. The largest absolute Gasteiger partial charge is 0.467 e. The maximum atomic E-state index is 11.4. The quantitative estimate of drug-likeness (QED) is 0.858. The zero-order valence-electron chi connectivity index (χ0n) is 12.1. The number of esters is 1. The first-order valence-corrected chi connectivity index (χ1v) is 6.75. The smallest absolute Gasteiger partial charge is 0.341 e. The van der Waals surface area contributed by atoms with Crippen molar-refractivity contribution in [3.8, 4) is 0 Å². The number of benzene rings is 1. The third-order valence-corrected chi connectivity index (χ3v) is 3.20. The van der Waals surface area contributed by atoms with Crippen molar-refractivity contribution in [2.45, 2.75) is 6.54 Å². The van der Waals surface area contributed by atoms with E-state index in [0.29, 0.717) is 22.9 Å². The van der Waals surface area contributed by atoms with Crippen LogP contribution >= 0.6 is 11.6 Å². The van der Waals surface area contributed by atoms with Crippen molar-refractivity contribution in [3.63, 3.8) is 0 Å². The highest BCUT2D eigenvalue weighted by Crippen LogP contribution is 2.28. The fourth-order valence-corrected chi connectivity index (χ4v) is 2.09. The molecule has 1 aromatic carbocycles. The van der Waals surface area contributed by atoms with Gasteiger partial charge in [-0.2, -0.15) is 0 Å². The molecule has 2 aromatic rings. The van der Waals surface area contributed by atoms with E-state index in [1.54, 1.807) is 6.07 Å². The molecule has 0 amide bonds. The second-order valence-electron chi connectivity index (χ2n) is 4.70. The summed E-state index contributed by atoms with van der Waals surface area (Å²) in [5.41, 5.74) is 2.30. The summed E-state index contributed by atoms with van der Waals surface area (Å²) >= 11 is 6.02. The standard InChI is InChI=1S/C15H17ClN2O3/c1-18(2)14-5-4-11(16)7-13(14)17-8-12-6-10(9-21-12)15(19)20-3/h4-7,9,17H,8H2,1-3H3. The number of furan rings is 1. The number of carbonyl (C=O) groups excluding carboxylic acids is 1. The monoisotopic (exact) mass is 308 g/mol. The lowest BCUT2D eigenvalue weighted by Crippen LogP contribution is -2.12. The predicted molar refractivity (Wildman–Crippen MR) is 83.2 cm³/mol. The Kier molecular flexibility index (Phi) is 4.75. The number of hydrogen-bond acceptors (Lipinski definition) is 5. The molecule has 0 atom stereocenters. The molecule has 1 aromatic heterocycles. The molecule has 5 nitrogen and oxygen atoms in total. The number of nitrogens with zero attached hydrogens (tertiary/aromatic N) is 1. The van der Waals surface area contributed by atoms with Crippen LogP contribution < -0.4 is 10.2 Å². The van der Waals surface area contributed by atoms with Gasteiger partial charge in [-0.1, -0.05) is 11.6 Å². The molecule has 0 unspecified atom stereocenters. The van der Waals surface area contributed by atoms with Gasteiger partial charge < -0.3 is 19.4 Å². The molecule has 0 saturated heterocycles. The number of hydrogen-bond donors (Lipinski definition) is 1. The topological polar surface area (TPSA) is 54.7 Å². The number of halogens is 1. The van der Waals surface area contributed by atoms with E-state index in [1.165, 1.54) is 13.4 Å². The summed E-state index contributed by atoms with van der Waals surface area (Å²) in [5, 5.41) is 3.90. The van der Waals surface area contributed by atoms with E-state index in [9.17, 15) is 4.79 Å². The summed E-state index contributed by atoms with van der Waals surface area (Å²) < 4.78 is 9.97. The van der Waals surface area contributed by atoms with Crippen LogP contribution in [0.3, 0.4) is 0 Å². The number of ether oxygens (including phenoxy) is 1. The lowest BCUT2D eigenvalue weighted by atomic mass is 10.2. The van der Waals surface area contributed by atoms with Gasteiger partial charge in [0.1, 0.15) is 12.0 Å². The van der Waals surface area contributed by atoms with Gasteiger partial charge in [-0.25, -0.2) is 4.79 Å². The van der Waals surface area contributed by atoms with Crippen LogP contribution in [0.25, 0.3) is 0 Å². The molecule has 1 N–H and O–H groups in total. The van der Waals surface area contributed by atoms with Crippen molar-refractivity contribution in [1.29, 1.82) is 0 Å². The Morgan fingerprint density at radius 3 is 2.81 bits per heavy atom. The van der Waals surface area contributed by atoms with Crippen LogP contribution in [0, 0.1) is 0 Å². The van der Waals surface area contributed by atoms with Gasteiger partial charge in [0.15, 0.2) is 0 Å². The van der Waals surface area contributed by atoms with Crippen LogP contribution in [0.2, 0.25) is 5.02 Å². The third-order valence-electron chi connectivity index (χ3n) is 2.97. The lowest BCUT2D eigenvalue weighted by molar-refractivity contribution is 0.0600. The Bertz CT molecular complexity index is 638. The van der Waals surface area contributed by atoms with Gasteiger partial charge in [-0.15, -0.1) is 0 Å². The minimum Gasteiger partial charge on any atom is -0.467 e. The molecule has 0 spiro atoms. The fraction of sp³-hybridized carbons (Fsp3) is 0.267. The summed E-state index contributed by atoms with van der Waals surface area (Å²) in [5.74, 6) is 0.224. The third kappa shape index (κ3) is 3.70. The first-order chi connectivity index (χ1) is 10.0. The molecule has 112 valence electrons. The summed E-state index contributed by atoms with van der Waals surface area (Å²) in [4.78, 5) is 13.3. The maximum absolute atomic E-state index is 11.4. The zero-order valence-corrected chi connectivity index (χ0v) is 12.9. The molecule has 0 radical (unpaired) electrons. The highest BCUT2D eigenvalue weighted by atomic mass is 35.5. The summed E-state index contributed by atoms with van der Waals surface area (Å²) in [6, 6.07) is 7.27. The predicted octanol–water partition coefficient (Wildman–Crippen LogP) is 3.40. The molecule has 2 rings (SSSR count). The Morgan fingerprint density at radius 1 is 1.38 bits per heavy atom. The number of nitrogens with one attached hydrogen (secondary N) is 1. The van der Waals surface area contributed by atoms with Crippen molar-refractivity contribution in [2.24, 2.45) is 0 Å². The second kappa shape index (κ2) is 6.54. The Labute approximate surface area is 128 Å². The van der Waals surface area contributed by atoms with E-state index >= 15 is 0 Å². The van der Waals surface area contributed by atoms with Crippen LogP contribution in [-0.2, 0) is 11.3 Å². The van der Waals surface area contributed by atoms with E-state index in [1.807, 2.05) is 37.2 Å². The Balaban J connectivity index is 2.11. The molecule has 0 bridgehead atoms. The summed E-state index contributed by atoms with van der Waals surface area (Å²) in [6.45, 7) is 0.443. The normalized spacial score (nSPS) is 10.3. The van der Waals surface area contributed by atoms with Gasteiger partial charge >= 0.3 is 5.97 Å². The van der Waals surface area contributed by atoms with Crippen molar-refractivity contribution in [1.82, 2.24) is 0 Å².